The van der Waals surface area contributed by atoms with Gasteiger partial charge in [-0.3, -0.25) is 19.0 Å². The minimum Gasteiger partial charge on any atom is -0.377 e. The fourth-order valence-corrected chi connectivity index (χ4v) is 6.17. The highest BCUT2D eigenvalue weighted by Gasteiger charge is 2.26. The van der Waals surface area contributed by atoms with Crippen LogP contribution in [-0.4, -0.2) is 72.1 Å². The van der Waals surface area contributed by atoms with Crippen molar-refractivity contribution in [3.05, 3.63) is 80.4 Å². The summed E-state index contributed by atoms with van der Waals surface area (Å²) >= 11 is 6.00. The second-order valence-electron chi connectivity index (χ2n) is 11.4. The van der Waals surface area contributed by atoms with Gasteiger partial charge in [0.05, 0.1) is 40.1 Å². The molecule has 1 aliphatic heterocycles. The normalized spacial score (nSPS) is 14.3. The van der Waals surface area contributed by atoms with E-state index < -0.39 is 39.2 Å². The lowest BCUT2D eigenvalue weighted by Crippen LogP contribution is -2.48. The van der Waals surface area contributed by atoms with E-state index >= 15 is 8.78 Å². The Labute approximate surface area is 274 Å². The summed E-state index contributed by atoms with van der Waals surface area (Å²) in [4.78, 5) is 50.0. The number of halogens is 3. The third-order valence-electron chi connectivity index (χ3n) is 7.89. The van der Waals surface area contributed by atoms with Gasteiger partial charge in [0, 0.05) is 51.8 Å². The summed E-state index contributed by atoms with van der Waals surface area (Å²) in [5.41, 5.74) is 0.610. The lowest BCUT2D eigenvalue weighted by atomic mass is 10.0. The molecular formula is C31H32ClF2N7O5S. The summed E-state index contributed by atoms with van der Waals surface area (Å²) in [5.74, 6) is -2.69. The lowest BCUT2D eigenvalue weighted by molar-refractivity contribution is -0.129. The topological polar surface area (TPSA) is 147 Å². The molecule has 3 heterocycles. The number of anilines is 2. The van der Waals surface area contributed by atoms with E-state index in [-0.39, 0.29) is 50.4 Å². The maximum Gasteiger partial charge on any atom is 0.285 e. The maximum atomic E-state index is 15.7. The molecule has 2 N–H and O–H groups in total. The van der Waals surface area contributed by atoms with E-state index in [1.165, 1.54) is 26.1 Å². The Morgan fingerprint density at radius 3 is 2.34 bits per heavy atom. The van der Waals surface area contributed by atoms with Crippen LogP contribution in [0.25, 0.3) is 22.3 Å². The molecule has 0 aliphatic carbocycles. The smallest absolute Gasteiger partial charge is 0.285 e. The molecule has 0 saturated carbocycles. The van der Waals surface area contributed by atoms with Crippen LogP contribution in [0.15, 0.2) is 41.2 Å². The number of aromatic nitrogens is 3. The Hall–Kier alpha value is -4.63. The molecule has 0 unspecified atom stereocenters. The number of nitrogens with zero attached hydrogens (tertiary/aromatic N) is 5. The van der Waals surface area contributed by atoms with E-state index in [0.717, 1.165) is 23.0 Å². The van der Waals surface area contributed by atoms with E-state index in [4.69, 9.17) is 11.6 Å². The van der Waals surface area contributed by atoms with E-state index in [2.05, 4.69) is 15.3 Å². The third kappa shape index (κ3) is 7.05. The van der Waals surface area contributed by atoms with E-state index in [1.54, 1.807) is 35.8 Å². The van der Waals surface area contributed by atoms with Crippen LogP contribution in [0.3, 0.4) is 0 Å². The molecule has 1 atom stereocenters. The van der Waals surface area contributed by atoms with Gasteiger partial charge < -0.3 is 15.1 Å². The predicted molar refractivity (Wildman–Crippen MR) is 175 cm³/mol. The fraction of sp³-hybridized carbons (Fsp3) is 0.323. The van der Waals surface area contributed by atoms with Crippen molar-refractivity contribution < 1.29 is 26.8 Å². The molecule has 47 heavy (non-hydrogen) atoms. The first kappa shape index (κ1) is 33.7. The lowest BCUT2D eigenvalue weighted by Gasteiger charge is -2.35. The summed E-state index contributed by atoms with van der Waals surface area (Å²) in [5, 5.41) is 3.30. The minimum atomic E-state index is -3.91. The van der Waals surface area contributed by atoms with Crippen molar-refractivity contribution in [2.45, 2.75) is 26.8 Å². The highest BCUT2D eigenvalue weighted by atomic mass is 35.5. The zero-order valence-electron chi connectivity index (χ0n) is 26.2. The number of pyridine rings is 1. The van der Waals surface area contributed by atoms with Crippen molar-refractivity contribution in [2.75, 3.05) is 42.7 Å². The zero-order valence-corrected chi connectivity index (χ0v) is 27.8. The van der Waals surface area contributed by atoms with Crippen LogP contribution in [0.4, 0.5) is 20.2 Å². The van der Waals surface area contributed by atoms with Crippen LogP contribution >= 0.6 is 11.6 Å². The summed E-state index contributed by atoms with van der Waals surface area (Å²) in [6, 6.07) is 7.70. The van der Waals surface area contributed by atoms with Crippen LogP contribution in [0.5, 0.6) is 0 Å². The molecule has 248 valence electrons. The van der Waals surface area contributed by atoms with Gasteiger partial charge in [-0.1, -0.05) is 17.7 Å². The zero-order chi connectivity index (χ0) is 34.4. The highest BCUT2D eigenvalue weighted by molar-refractivity contribution is 7.89. The largest absolute Gasteiger partial charge is 0.377 e. The molecule has 16 heteroatoms. The molecule has 1 fully saturated rings. The number of nitrogens with one attached hydrogen (secondary N) is 2. The number of benzene rings is 2. The Morgan fingerprint density at radius 1 is 1.02 bits per heavy atom. The molecular weight excluding hydrogens is 656 g/mol. The number of fused-ring (bicyclic) bond motifs is 1. The molecule has 0 bridgehead atoms. The van der Waals surface area contributed by atoms with Crippen LogP contribution in [0.1, 0.15) is 41.5 Å². The number of carbonyl (C=O) groups excluding carboxylic acids is 2. The monoisotopic (exact) mass is 687 g/mol. The van der Waals surface area contributed by atoms with Gasteiger partial charge in [0.15, 0.2) is 5.69 Å². The molecule has 2 amide bonds. The van der Waals surface area contributed by atoms with Crippen molar-refractivity contribution in [1.29, 1.82) is 0 Å². The molecule has 4 aromatic rings. The molecule has 2 aromatic carbocycles. The third-order valence-corrected chi connectivity index (χ3v) is 8.66. The molecule has 2 aromatic heterocycles. The summed E-state index contributed by atoms with van der Waals surface area (Å²) in [7, 11) is -2.49. The van der Waals surface area contributed by atoms with Crippen molar-refractivity contribution in [3.63, 3.8) is 0 Å². The number of rotatable bonds is 7. The molecule has 5 rings (SSSR count). The van der Waals surface area contributed by atoms with E-state index in [1.807, 2.05) is 4.72 Å². The second kappa shape index (κ2) is 12.9. The van der Waals surface area contributed by atoms with Crippen molar-refractivity contribution >= 4 is 55.7 Å². The van der Waals surface area contributed by atoms with Gasteiger partial charge in [-0.25, -0.2) is 31.9 Å². The van der Waals surface area contributed by atoms with Gasteiger partial charge in [-0.15, -0.1) is 0 Å². The van der Waals surface area contributed by atoms with Gasteiger partial charge in [0.25, 0.3) is 11.5 Å². The standard InChI is InChI=1S/C31H32ClF2N7O5S/c1-16-12-19(17(2)35-24-6-7-26(32)36-28(24)30(43)38-47(5,45)46)27-21(13-16)31(44)39(4)29(37-27)20-14-23(34)25(15-22(20)33)41-10-8-40(9-11-41)18(3)42/h6-7,12-15,17,35H,8-11H2,1-5H3,(H,38,43)/t17-/m1/s1. The number of carbonyl (C=O) groups is 2. The molecule has 1 aliphatic rings. The Balaban J connectivity index is 1.56. The molecule has 12 nitrogen and oxygen atoms in total. The second-order valence-corrected chi connectivity index (χ2v) is 13.6. The first-order valence-electron chi connectivity index (χ1n) is 14.5. The SMILES string of the molecule is CC(=O)N1CCN(c2cc(F)c(-c3nc4c([C@@H](C)Nc5ccc(Cl)nc5C(=O)NS(C)(=O)=O)cc(C)cc4c(=O)n3C)cc2F)CC1. The Morgan fingerprint density at radius 2 is 1.70 bits per heavy atom. The van der Waals surface area contributed by atoms with Crippen molar-refractivity contribution in [3.8, 4) is 11.4 Å². The Bertz CT molecular complexity index is 2100. The van der Waals surface area contributed by atoms with E-state index in [9.17, 15) is 22.8 Å². The van der Waals surface area contributed by atoms with Gasteiger partial charge >= 0.3 is 0 Å². The van der Waals surface area contributed by atoms with Gasteiger partial charge in [-0.2, -0.15) is 0 Å². The number of aryl methyl sites for hydroxylation is 1. The number of amides is 2. The molecule has 1 saturated heterocycles. The van der Waals surface area contributed by atoms with Crippen LogP contribution in [-0.2, 0) is 21.9 Å². The maximum absolute atomic E-state index is 15.7. The van der Waals surface area contributed by atoms with Crippen molar-refractivity contribution in [2.24, 2.45) is 7.05 Å². The van der Waals surface area contributed by atoms with Gasteiger partial charge in [0.2, 0.25) is 15.9 Å². The van der Waals surface area contributed by atoms with Gasteiger partial charge in [0.1, 0.15) is 22.6 Å². The first-order chi connectivity index (χ1) is 22.0. The number of hydrogen-bond donors (Lipinski definition) is 2. The summed E-state index contributed by atoms with van der Waals surface area (Å²) < 4.78 is 57.7. The number of piperazine rings is 1. The average Bonchev–Trinajstić information content (AvgIpc) is 3.00. The number of sulfonamides is 1. The average molecular weight is 688 g/mol. The fourth-order valence-electron chi connectivity index (χ4n) is 5.59. The molecule has 0 radical (unpaired) electrons. The van der Waals surface area contributed by atoms with Crippen LogP contribution in [0, 0.1) is 18.6 Å². The first-order valence-corrected chi connectivity index (χ1v) is 16.8. The van der Waals surface area contributed by atoms with Crippen LogP contribution in [0.2, 0.25) is 5.15 Å². The van der Waals surface area contributed by atoms with E-state index in [0.29, 0.717) is 37.3 Å². The predicted octanol–water partition coefficient (Wildman–Crippen LogP) is 3.77. The van der Waals surface area contributed by atoms with Gasteiger partial charge in [-0.05, 0) is 43.7 Å². The quantitative estimate of drug-likeness (QED) is 0.277. The minimum absolute atomic E-state index is 0.0432. The van der Waals surface area contributed by atoms with Crippen molar-refractivity contribution in [1.82, 2.24) is 24.2 Å². The summed E-state index contributed by atoms with van der Waals surface area (Å²) in [6.07, 6.45) is 0.826. The number of hydrogen-bond acceptors (Lipinski definition) is 9. The van der Waals surface area contributed by atoms with Crippen LogP contribution < -0.4 is 20.5 Å². The highest BCUT2D eigenvalue weighted by Crippen LogP contribution is 2.32. The molecule has 0 spiro atoms. The Kier molecular flexibility index (Phi) is 9.24. The summed E-state index contributed by atoms with van der Waals surface area (Å²) in [6.45, 7) is 6.38.